The molecule has 0 amide bonds. The van der Waals surface area contributed by atoms with Crippen molar-refractivity contribution in [2.75, 3.05) is 9.80 Å². The Morgan fingerprint density at radius 3 is 1.60 bits per heavy atom. The molecule has 0 fully saturated rings. The second-order valence-corrected chi connectivity index (χ2v) is 26.8. The van der Waals surface area contributed by atoms with E-state index in [1.807, 2.05) is 0 Å². The van der Waals surface area contributed by atoms with Crippen molar-refractivity contribution in [1.82, 2.24) is 0 Å². The van der Waals surface area contributed by atoms with Crippen LogP contribution in [0.4, 0.5) is 34.3 Å². The normalized spacial score (nSPS) is 20.9. The molecule has 346 valence electrons. The van der Waals surface area contributed by atoms with E-state index in [1.54, 1.807) is 0 Å². The van der Waals surface area contributed by atoms with E-state index in [2.05, 4.69) is 206 Å². The Balaban J connectivity index is 1.29. The average Bonchev–Trinajstić information content (AvgIpc) is 3.62. The molecule has 11 rings (SSSR count). The van der Waals surface area contributed by atoms with Crippen LogP contribution in [0.1, 0.15) is 192 Å². The van der Waals surface area contributed by atoms with Gasteiger partial charge in [-0.2, -0.15) is 0 Å². The first-order chi connectivity index (χ1) is 31.1. The van der Waals surface area contributed by atoms with Crippen LogP contribution in [0.15, 0.2) is 83.8 Å². The lowest BCUT2D eigenvalue weighted by molar-refractivity contribution is 0.332. The summed E-state index contributed by atoms with van der Waals surface area (Å²) >= 11 is 0. The quantitative estimate of drug-likeness (QED) is 0.165. The number of fused-ring (bicyclic) bond motifs is 9. The lowest BCUT2D eigenvalue weighted by atomic mass is 9.33. The van der Waals surface area contributed by atoms with Crippen molar-refractivity contribution in [2.24, 2.45) is 0 Å². The summed E-state index contributed by atoms with van der Waals surface area (Å²) < 4.78 is 7.57. The molecule has 1 aromatic heterocycles. The standard InChI is InChI=1S/C63H75BN2O/c1-18-38-31-39(57(3,4)5)19-22-49(38)66-52-30-37(2)29-51-55(52)64(54-41-33-44-47(36-53(41)67-56(54)66)63(16,17)28-25-60(44,10)11)48-34-45-46(62(14,15)27-26-61(45,12)13)35-50(48)65(51)40-20-21-42-43(32-40)59(8,9)24-23-58(42,6)7/h18-22,29-36H,1,23-28H2,2-17H3. The molecule has 0 bridgehead atoms. The van der Waals surface area contributed by atoms with Crippen molar-refractivity contribution in [3.63, 3.8) is 0 Å². The summed E-state index contributed by atoms with van der Waals surface area (Å²) in [6, 6.07) is 29.8. The average molecular weight is 887 g/mol. The molecule has 0 N–H and O–H groups in total. The summed E-state index contributed by atoms with van der Waals surface area (Å²) in [5.41, 5.74) is 24.0. The number of anilines is 6. The molecule has 3 nitrogen and oxygen atoms in total. The molecule has 5 aromatic carbocycles. The Morgan fingerprint density at radius 1 is 0.522 bits per heavy atom. The van der Waals surface area contributed by atoms with Crippen molar-refractivity contribution in [2.45, 2.75) is 187 Å². The van der Waals surface area contributed by atoms with E-state index in [9.17, 15) is 0 Å². The van der Waals surface area contributed by atoms with Gasteiger partial charge in [0.15, 0.2) is 0 Å². The number of benzene rings is 5. The van der Waals surface area contributed by atoms with Gasteiger partial charge in [0.05, 0.1) is 5.69 Å². The number of rotatable bonds is 3. The molecule has 0 radical (unpaired) electrons. The van der Waals surface area contributed by atoms with Gasteiger partial charge in [0.1, 0.15) is 5.58 Å². The fourth-order valence-electron chi connectivity index (χ4n) is 13.4. The van der Waals surface area contributed by atoms with Gasteiger partial charge >= 0.3 is 0 Å². The van der Waals surface area contributed by atoms with Crippen LogP contribution >= 0.6 is 0 Å². The summed E-state index contributed by atoms with van der Waals surface area (Å²) in [6.07, 6.45) is 9.07. The first-order valence-electron chi connectivity index (χ1n) is 25.6. The highest BCUT2D eigenvalue weighted by molar-refractivity contribution is 7.01. The minimum atomic E-state index is -0.0534. The fraction of sp³-hybridized carbons (Fsp3) is 0.460. The van der Waals surface area contributed by atoms with Crippen LogP contribution in [-0.4, -0.2) is 6.71 Å². The third-order valence-corrected chi connectivity index (χ3v) is 18.2. The van der Waals surface area contributed by atoms with Gasteiger partial charge in [0.2, 0.25) is 5.88 Å². The zero-order valence-corrected chi connectivity index (χ0v) is 43.8. The van der Waals surface area contributed by atoms with Gasteiger partial charge in [-0.1, -0.05) is 135 Å². The highest BCUT2D eigenvalue weighted by Gasteiger charge is 2.50. The number of aryl methyl sites for hydroxylation is 1. The molecule has 0 atom stereocenters. The van der Waals surface area contributed by atoms with E-state index in [-0.39, 0.29) is 44.6 Å². The first kappa shape index (κ1) is 44.5. The van der Waals surface area contributed by atoms with Crippen molar-refractivity contribution >= 4 is 74.5 Å². The van der Waals surface area contributed by atoms with Crippen LogP contribution in [-0.2, 0) is 37.9 Å². The topological polar surface area (TPSA) is 19.6 Å². The van der Waals surface area contributed by atoms with Gasteiger partial charge in [-0.05, 0) is 199 Å². The van der Waals surface area contributed by atoms with E-state index in [4.69, 9.17) is 4.42 Å². The predicted octanol–water partition coefficient (Wildman–Crippen LogP) is 15.8. The first-order valence-corrected chi connectivity index (χ1v) is 25.6. The number of hydrogen-bond acceptors (Lipinski definition) is 3. The fourth-order valence-corrected chi connectivity index (χ4v) is 13.4. The number of nitrogens with zero attached hydrogens (tertiary/aromatic N) is 2. The molecular formula is C63H75BN2O. The van der Waals surface area contributed by atoms with Crippen molar-refractivity contribution in [1.29, 1.82) is 0 Å². The van der Waals surface area contributed by atoms with E-state index < -0.39 is 0 Å². The summed E-state index contributed by atoms with van der Waals surface area (Å²) in [5.74, 6) is 0.933. The van der Waals surface area contributed by atoms with E-state index in [1.165, 1.54) is 108 Å². The van der Waals surface area contributed by atoms with Crippen LogP contribution < -0.4 is 26.2 Å². The van der Waals surface area contributed by atoms with Crippen molar-refractivity contribution in [3.8, 4) is 0 Å². The van der Waals surface area contributed by atoms with Gasteiger partial charge in [-0.3, -0.25) is 4.90 Å². The molecule has 0 spiro atoms. The molecule has 6 aromatic rings. The Labute approximate surface area is 403 Å². The molecule has 2 aliphatic heterocycles. The Bertz CT molecular complexity index is 3120. The zero-order chi connectivity index (χ0) is 47.9. The largest absolute Gasteiger partial charge is 0.440 e. The van der Waals surface area contributed by atoms with Crippen molar-refractivity contribution in [3.05, 3.63) is 129 Å². The third-order valence-electron chi connectivity index (χ3n) is 18.2. The molecule has 4 heteroatoms. The third kappa shape index (κ3) is 6.42. The van der Waals surface area contributed by atoms with E-state index in [0.717, 1.165) is 42.0 Å². The minimum Gasteiger partial charge on any atom is -0.440 e. The Hall–Kier alpha value is -4.96. The Kier molecular flexibility index (Phi) is 9.21. The van der Waals surface area contributed by atoms with Gasteiger partial charge < -0.3 is 9.32 Å². The van der Waals surface area contributed by atoms with Crippen LogP contribution in [0.5, 0.6) is 0 Å². The summed E-state index contributed by atoms with van der Waals surface area (Å²) in [6.45, 7) is 43.1. The van der Waals surface area contributed by atoms with Crippen LogP contribution in [0, 0.1) is 6.92 Å². The minimum absolute atomic E-state index is 0.0146. The molecule has 0 saturated carbocycles. The smallest absolute Gasteiger partial charge is 0.257 e. The maximum Gasteiger partial charge on any atom is 0.257 e. The SMILES string of the molecule is C=Cc1cc(C(C)(C)C)ccc1N1c2cc(C)cc3c2B(c2cc4c(cc2N3c2ccc3c(c2)C(C)(C)CCC3(C)C)C(C)(C)CCC4(C)C)c2c1oc1cc3c(cc21)C(C)(C)CCC3(C)C. The monoisotopic (exact) mass is 887 g/mol. The van der Waals surface area contributed by atoms with Gasteiger partial charge in [0, 0.05) is 33.6 Å². The lowest BCUT2D eigenvalue weighted by Gasteiger charge is -2.47. The summed E-state index contributed by atoms with van der Waals surface area (Å²) in [5, 5.41) is 1.24. The molecule has 3 aliphatic carbocycles. The second-order valence-electron chi connectivity index (χ2n) is 26.8. The second kappa shape index (κ2) is 13.9. The van der Waals surface area contributed by atoms with Crippen LogP contribution in [0.2, 0.25) is 0 Å². The van der Waals surface area contributed by atoms with Gasteiger partial charge in [0.25, 0.3) is 6.71 Å². The van der Waals surface area contributed by atoms with Gasteiger partial charge in [-0.25, -0.2) is 0 Å². The maximum absolute atomic E-state index is 7.57. The lowest BCUT2D eigenvalue weighted by Crippen LogP contribution is -2.61. The summed E-state index contributed by atoms with van der Waals surface area (Å²) in [7, 11) is 0. The highest BCUT2D eigenvalue weighted by Crippen LogP contribution is 2.55. The molecule has 3 heterocycles. The number of furan rings is 1. The molecule has 0 unspecified atom stereocenters. The highest BCUT2D eigenvalue weighted by atomic mass is 16.4. The molecular weight excluding hydrogens is 812 g/mol. The van der Waals surface area contributed by atoms with E-state index >= 15 is 0 Å². The molecule has 5 aliphatic rings. The predicted molar refractivity (Wildman–Crippen MR) is 290 cm³/mol. The van der Waals surface area contributed by atoms with Gasteiger partial charge in [-0.15, -0.1) is 0 Å². The number of hydrogen-bond donors (Lipinski definition) is 0. The maximum atomic E-state index is 7.57. The Morgan fingerprint density at radius 2 is 1.03 bits per heavy atom. The van der Waals surface area contributed by atoms with Crippen molar-refractivity contribution < 1.29 is 4.42 Å². The van der Waals surface area contributed by atoms with Crippen LogP contribution in [0.25, 0.3) is 17.0 Å². The summed E-state index contributed by atoms with van der Waals surface area (Å²) in [4.78, 5) is 5.17. The van der Waals surface area contributed by atoms with E-state index in [0.29, 0.717) is 0 Å². The molecule has 0 saturated heterocycles. The zero-order valence-electron chi connectivity index (χ0n) is 43.8. The van der Waals surface area contributed by atoms with Crippen LogP contribution in [0.3, 0.4) is 0 Å². The molecule has 67 heavy (non-hydrogen) atoms.